The van der Waals surface area contributed by atoms with Crippen molar-refractivity contribution in [1.82, 2.24) is 9.80 Å². The second-order valence-corrected chi connectivity index (χ2v) is 6.72. The number of carbonyl (C=O) groups excluding carboxylic acids is 2. The molecule has 2 amide bonds. The first kappa shape index (κ1) is 21.1. The fraction of sp³-hybridized carbons (Fsp3) is 0.556. The number of hydrogen-bond acceptors (Lipinski definition) is 3. The Balaban J connectivity index is 2.15. The highest BCUT2D eigenvalue weighted by Crippen LogP contribution is 2.26. The Morgan fingerprint density at radius 2 is 1.85 bits per heavy atom. The number of likely N-dealkylation sites (tertiary alicyclic amines) is 1. The van der Waals surface area contributed by atoms with Crippen molar-refractivity contribution >= 4 is 11.8 Å². The molecule has 0 radical (unpaired) electrons. The summed E-state index contributed by atoms with van der Waals surface area (Å²) in [5, 5.41) is 0. The molecular weight excluding hydrogens is 366 g/mol. The largest absolute Gasteiger partial charge is 0.406 e. The van der Waals surface area contributed by atoms with E-state index in [0.29, 0.717) is 4.90 Å². The van der Waals surface area contributed by atoms with Gasteiger partial charge in [-0.05, 0) is 25.0 Å². The highest BCUT2D eigenvalue weighted by atomic mass is 19.4. The van der Waals surface area contributed by atoms with Gasteiger partial charge < -0.3 is 15.5 Å². The van der Waals surface area contributed by atoms with E-state index in [-0.39, 0.29) is 44.3 Å². The van der Waals surface area contributed by atoms with Gasteiger partial charge in [-0.25, -0.2) is 4.39 Å². The van der Waals surface area contributed by atoms with Crippen molar-refractivity contribution in [2.24, 2.45) is 11.7 Å². The number of alkyl halides is 3. The smallest absolute Gasteiger partial charge is 0.342 e. The van der Waals surface area contributed by atoms with Crippen LogP contribution in [-0.2, 0) is 4.79 Å². The summed E-state index contributed by atoms with van der Waals surface area (Å²) in [6.07, 6.45) is -4.22. The van der Waals surface area contributed by atoms with Gasteiger partial charge >= 0.3 is 6.18 Å². The molecule has 1 aromatic rings. The summed E-state index contributed by atoms with van der Waals surface area (Å²) < 4.78 is 53.0. The predicted octanol–water partition coefficient (Wildman–Crippen LogP) is 2.42. The maximum Gasteiger partial charge on any atom is 0.406 e. The van der Waals surface area contributed by atoms with Crippen LogP contribution in [0.2, 0.25) is 0 Å². The molecular formula is C18H23F4N3O2. The van der Waals surface area contributed by atoms with E-state index in [9.17, 15) is 27.2 Å². The van der Waals surface area contributed by atoms with Gasteiger partial charge in [0.2, 0.25) is 5.91 Å². The molecule has 0 spiro atoms. The van der Waals surface area contributed by atoms with Crippen LogP contribution in [0.3, 0.4) is 0 Å². The average molecular weight is 389 g/mol. The van der Waals surface area contributed by atoms with Crippen LogP contribution < -0.4 is 5.73 Å². The van der Waals surface area contributed by atoms with Crippen molar-refractivity contribution in [3.63, 3.8) is 0 Å². The van der Waals surface area contributed by atoms with Crippen LogP contribution in [0.25, 0.3) is 0 Å². The molecule has 1 unspecified atom stereocenters. The lowest BCUT2D eigenvalue weighted by atomic mass is 10.00. The summed E-state index contributed by atoms with van der Waals surface area (Å²) >= 11 is 0. The van der Waals surface area contributed by atoms with Crippen molar-refractivity contribution < 1.29 is 27.2 Å². The van der Waals surface area contributed by atoms with Gasteiger partial charge in [-0.3, -0.25) is 9.59 Å². The van der Waals surface area contributed by atoms with Gasteiger partial charge in [0.15, 0.2) is 0 Å². The Morgan fingerprint density at radius 3 is 2.37 bits per heavy atom. The zero-order chi connectivity index (χ0) is 20.2. The lowest BCUT2D eigenvalue weighted by Gasteiger charge is -2.39. The molecule has 1 aliphatic heterocycles. The van der Waals surface area contributed by atoms with Crippen LogP contribution in [0.5, 0.6) is 0 Å². The number of halogens is 4. The van der Waals surface area contributed by atoms with E-state index >= 15 is 0 Å². The van der Waals surface area contributed by atoms with E-state index in [4.69, 9.17) is 5.73 Å². The monoisotopic (exact) mass is 389 g/mol. The Morgan fingerprint density at radius 1 is 1.26 bits per heavy atom. The van der Waals surface area contributed by atoms with Crippen molar-refractivity contribution in [2.45, 2.75) is 32.0 Å². The topological polar surface area (TPSA) is 66.6 Å². The zero-order valence-electron chi connectivity index (χ0n) is 15.0. The molecule has 1 saturated heterocycles. The maximum absolute atomic E-state index is 13.9. The lowest BCUT2D eigenvalue weighted by Crippen LogP contribution is -2.52. The van der Waals surface area contributed by atoms with Crippen molar-refractivity contribution in [1.29, 1.82) is 0 Å². The van der Waals surface area contributed by atoms with Crippen molar-refractivity contribution in [2.75, 3.05) is 26.2 Å². The molecule has 1 atom stereocenters. The van der Waals surface area contributed by atoms with Gasteiger partial charge in [0.1, 0.15) is 12.4 Å². The molecule has 2 N–H and O–H groups in total. The molecule has 0 bridgehead atoms. The van der Waals surface area contributed by atoms with E-state index in [1.807, 2.05) is 0 Å². The summed E-state index contributed by atoms with van der Waals surface area (Å²) in [6.45, 7) is 0.869. The highest BCUT2D eigenvalue weighted by Gasteiger charge is 2.39. The zero-order valence-corrected chi connectivity index (χ0v) is 15.0. The summed E-state index contributed by atoms with van der Waals surface area (Å²) in [7, 11) is 0. The van der Waals surface area contributed by atoms with Crippen LogP contribution in [-0.4, -0.2) is 60.0 Å². The fourth-order valence-corrected chi connectivity index (χ4v) is 3.16. The second-order valence-electron chi connectivity index (χ2n) is 6.72. The number of hydrogen-bond donors (Lipinski definition) is 1. The molecule has 2 rings (SSSR count). The van der Waals surface area contributed by atoms with E-state index in [1.54, 1.807) is 11.8 Å². The Kier molecular flexibility index (Phi) is 6.80. The number of nitrogens with two attached hydrogens (primary N) is 1. The molecule has 0 saturated carbocycles. The third-order valence-electron chi connectivity index (χ3n) is 4.71. The van der Waals surface area contributed by atoms with Crippen LogP contribution in [0, 0.1) is 11.7 Å². The van der Waals surface area contributed by atoms with Crippen LogP contribution in [0.15, 0.2) is 24.3 Å². The molecule has 1 aromatic carbocycles. The molecule has 5 nitrogen and oxygen atoms in total. The molecule has 150 valence electrons. The van der Waals surface area contributed by atoms with Crippen molar-refractivity contribution in [3.05, 3.63) is 35.6 Å². The minimum atomic E-state index is -4.61. The first-order chi connectivity index (χ1) is 12.6. The van der Waals surface area contributed by atoms with Gasteiger partial charge in [0, 0.05) is 31.6 Å². The van der Waals surface area contributed by atoms with Gasteiger partial charge in [-0.15, -0.1) is 0 Å². The number of piperidine rings is 1. The number of nitrogens with zero attached hydrogens (tertiary/aromatic N) is 2. The van der Waals surface area contributed by atoms with Gasteiger partial charge in [-0.2, -0.15) is 13.2 Å². The summed E-state index contributed by atoms with van der Waals surface area (Å²) in [6, 6.07) is 4.24. The number of rotatable bonds is 5. The summed E-state index contributed by atoms with van der Waals surface area (Å²) in [5.41, 5.74) is 5.09. The van der Waals surface area contributed by atoms with Gasteiger partial charge in [0.25, 0.3) is 5.91 Å². The van der Waals surface area contributed by atoms with Crippen LogP contribution >= 0.6 is 0 Å². The molecule has 9 heteroatoms. The molecule has 1 aliphatic rings. The minimum absolute atomic E-state index is 0.154. The van der Waals surface area contributed by atoms with Crippen LogP contribution in [0.4, 0.5) is 17.6 Å². The Labute approximate surface area is 155 Å². The minimum Gasteiger partial charge on any atom is -0.342 e. The first-order valence-electron chi connectivity index (χ1n) is 8.75. The summed E-state index contributed by atoms with van der Waals surface area (Å²) in [5.74, 6) is -2.38. The fourth-order valence-electron chi connectivity index (χ4n) is 3.16. The number of carbonyl (C=O) groups is 2. The normalized spacial score (nSPS) is 16.9. The van der Waals surface area contributed by atoms with Gasteiger partial charge in [0.05, 0.1) is 5.56 Å². The van der Waals surface area contributed by atoms with E-state index in [0.717, 1.165) is 6.07 Å². The predicted molar refractivity (Wildman–Crippen MR) is 91.3 cm³/mol. The molecule has 1 heterocycles. The third-order valence-corrected chi connectivity index (χ3v) is 4.71. The van der Waals surface area contributed by atoms with Gasteiger partial charge in [-0.1, -0.05) is 19.1 Å². The Hall–Kier alpha value is -2.16. The molecule has 0 aromatic heterocycles. The Bertz CT molecular complexity index is 673. The third kappa shape index (κ3) is 5.41. The van der Waals surface area contributed by atoms with E-state index < -0.39 is 36.1 Å². The van der Waals surface area contributed by atoms with Crippen LogP contribution in [0.1, 0.15) is 30.1 Å². The van der Waals surface area contributed by atoms with E-state index in [2.05, 4.69) is 0 Å². The average Bonchev–Trinajstić information content (AvgIpc) is 2.64. The molecule has 0 aliphatic carbocycles. The van der Waals surface area contributed by atoms with E-state index in [1.165, 1.54) is 18.2 Å². The summed E-state index contributed by atoms with van der Waals surface area (Å²) in [4.78, 5) is 27.0. The number of amides is 2. The SMILES string of the molecule is CC(CN)C(=O)N1CCC(N(CC(F)(F)F)C(=O)c2ccccc2F)CC1. The highest BCUT2D eigenvalue weighted by molar-refractivity contribution is 5.94. The maximum atomic E-state index is 13.9. The molecule has 27 heavy (non-hydrogen) atoms. The number of benzene rings is 1. The standard InChI is InChI=1S/C18H23F4N3O2/c1-12(10-23)16(26)24-8-6-13(7-9-24)25(11-18(20,21)22)17(27)14-4-2-3-5-15(14)19/h2-5,12-13H,6-11,23H2,1H3. The van der Waals surface area contributed by atoms with Crippen molar-refractivity contribution in [3.8, 4) is 0 Å². The quantitative estimate of drug-likeness (QED) is 0.787. The molecule has 1 fully saturated rings. The second kappa shape index (κ2) is 8.69. The first-order valence-corrected chi connectivity index (χ1v) is 8.75. The lowest BCUT2D eigenvalue weighted by molar-refractivity contribution is -0.148.